The zero-order valence-electron chi connectivity index (χ0n) is 17.5. The maximum absolute atomic E-state index is 12.9. The van der Waals surface area contributed by atoms with E-state index in [1.165, 1.54) is 18.6 Å². The number of carbonyl (C=O) groups excluding carboxylic acids is 1. The molecule has 1 saturated heterocycles. The zero-order valence-corrected chi connectivity index (χ0v) is 19.9. The Morgan fingerprint density at radius 1 is 1.13 bits per heavy atom. The average molecular weight is 482 g/mol. The molecule has 1 aliphatic heterocycles. The first-order chi connectivity index (χ1) is 14.9. The molecule has 1 amide bonds. The van der Waals surface area contributed by atoms with Crippen molar-refractivity contribution in [3.05, 3.63) is 53.6 Å². The van der Waals surface area contributed by atoms with Gasteiger partial charge in [0, 0.05) is 18.8 Å². The normalized spacial score (nSPS) is 15.5. The molecule has 2 aromatic carbocycles. The molecule has 168 valence electrons. The van der Waals surface area contributed by atoms with Crippen LogP contribution in [0.5, 0.6) is 0 Å². The van der Waals surface area contributed by atoms with Gasteiger partial charge in [-0.05, 0) is 68.0 Å². The molecule has 2 aromatic rings. The second-order valence-electron chi connectivity index (χ2n) is 7.47. The molecule has 0 aromatic heterocycles. The molecular weight excluding hydrogens is 454 g/mol. The lowest BCUT2D eigenvalue weighted by molar-refractivity contribution is -0.117. The third kappa shape index (κ3) is 6.62. The van der Waals surface area contributed by atoms with Crippen molar-refractivity contribution in [2.75, 3.05) is 35.3 Å². The van der Waals surface area contributed by atoms with Crippen molar-refractivity contribution in [3.8, 4) is 0 Å². The molecule has 1 heterocycles. The molecule has 0 saturated carbocycles. The van der Waals surface area contributed by atoms with Gasteiger partial charge in [-0.2, -0.15) is 16.5 Å². The molecule has 0 spiro atoms. The predicted octanol–water partition coefficient (Wildman–Crippen LogP) is 4.37. The van der Waals surface area contributed by atoms with Crippen LogP contribution in [0.2, 0.25) is 5.02 Å². The largest absolute Gasteiger partial charge is 0.370 e. The Hall–Kier alpha value is -1.74. The molecule has 6 nitrogen and oxygen atoms in total. The van der Waals surface area contributed by atoms with Gasteiger partial charge in [0.25, 0.3) is 0 Å². The molecule has 0 radical (unpaired) electrons. The molecule has 0 bridgehead atoms. The molecule has 2 N–H and O–H groups in total. The van der Waals surface area contributed by atoms with Crippen molar-refractivity contribution in [1.29, 1.82) is 0 Å². The van der Waals surface area contributed by atoms with E-state index >= 15 is 0 Å². The molecular formula is C22H28ClN3O3S2. The Morgan fingerprint density at radius 2 is 1.84 bits per heavy atom. The van der Waals surface area contributed by atoms with E-state index in [1.807, 2.05) is 18.4 Å². The smallest absolute Gasteiger partial charge is 0.242 e. The highest BCUT2D eigenvalue weighted by atomic mass is 35.5. The van der Waals surface area contributed by atoms with Gasteiger partial charge in [-0.15, -0.1) is 0 Å². The molecule has 1 aliphatic rings. The lowest BCUT2D eigenvalue weighted by Crippen LogP contribution is -2.44. The fraction of sp³-hybridized carbons (Fsp3) is 0.409. The minimum atomic E-state index is -3.81. The lowest BCUT2D eigenvalue weighted by atomic mass is 10.1. The summed E-state index contributed by atoms with van der Waals surface area (Å²) in [6, 6.07) is 12.6. The van der Waals surface area contributed by atoms with E-state index in [9.17, 15) is 13.2 Å². The van der Waals surface area contributed by atoms with Crippen LogP contribution in [-0.4, -0.2) is 45.5 Å². The summed E-state index contributed by atoms with van der Waals surface area (Å²) in [6.45, 7) is 1.95. The third-order valence-corrected chi connectivity index (χ3v) is 7.62. The minimum Gasteiger partial charge on any atom is -0.370 e. The van der Waals surface area contributed by atoms with Crippen LogP contribution < -0.4 is 14.9 Å². The average Bonchev–Trinajstić information content (AvgIpc) is 2.78. The molecule has 31 heavy (non-hydrogen) atoms. The number of halogens is 1. The van der Waals surface area contributed by atoms with E-state index in [1.54, 1.807) is 36.0 Å². The number of hydrogen-bond donors (Lipinski definition) is 2. The monoisotopic (exact) mass is 481 g/mol. The van der Waals surface area contributed by atoms with Gasteiger partial charge in [-0.1, -0.05) is 29.8 Å². The number of amides is 1. The number of thioether (sulfide) groups is 1. The van der Waals surface area contributed by atoms with Crippen molar-refractivity contribution < 1.29 is 13.2 Å². The fourth-order valence-electron chi connectivity index (χ4n) is 3.54. The third-order valence-electron chi connectivity index (χ3n) is 5.19. The van der Waals surface area contributed by atoms with Crippen LogP contribution in [0.1, 0.15) is 25.7 Å². The SMILES string of the molecule is CSCCC(NS(=O)(=O)c1ccccc1)C(=O)Nc1ccc(N2CCCCC2)c(Cl)c1. The number of hydrogen-bond acceptors (Lipinski definition) is 5. The number of nitrogens with zero attached hydrogens (tertiary/aromatic N) is 1. The maximum Gasteiger partial charge on any atom is 0.242 e. The Kier molecular flexibility index (Phi) is 8.66. The Labute approximate surface area is 193 Å². The van der Waals surface area contributed by atoms with E-state index in [0.29, 0.717) is 22.9 Å². The quantitative estimate of drug-likeness (QED) is 0.556. The molecule has 1 unspecified atom stereocenters. The van der Waals surface area contributed by atoms with Crippen LogP contribution in [0.15, 0.2) is 53.4 Å². The molecule has 9 heteroatoms. The summed E-state index contributed by atoms with van der Waals surface area (Å²) >= 11 is 8.04. The maximum atomic E-state index is 12.9. The zero-order chi connectivity index (χ0) is 22.3. The summed E-state index contributed by atoms with van der Waals surface area (Å²) in [7, 11) is -3.81. The predicted molar refractivity (Wildman–Crippen MR) is 130 cm³/mol. The fourth-order valence-corrected chi connectivity index (χ4v) is 5.56. The number of carbonyl (C=O) groups is 1. The second-order valence-corrected chi connectivity index (χ2v) is 10.6. The van der Waals surface area contributed by atoms with Crippen LogP contribution in [-0.2, 0) is 14.8 Å². The summed E-state index contributed by atoms with van der Waals surface area (Å²) in [4.78, 5) is 15.3. The van der Waals surface area contributed by atoms with Gasteiger partial charge >= 0.3 is 0 Å². The standard InChI is InChI=1S/C22H28ClN3O3S2/c1-30-15-12-20(25-31(28,29)18-8-4-2-5-9-18)22(27)24-17-10-11-21(19(23)16-17)26-13-6-3-7-14-26/h2,4-5,8-11,16,20,25H,3,6-7,12-15H2,1H3,(H,24,27). The van der Waals surface area contributed by atoms with Crippen molar-refractivity contribution >= 4 is 50.7 Å². The van der Waals surface area contributed by atoms with Gasteiger partial charge in [-0.25, -0.2) is 8.42 Å². The molecule has 1 fully saturated rings. The van der Waals surface area contributed by atoms with Crippen LogP contribution in [0.25, 0.3) is 0 Å². The summed E-state index contributed by atoms with van der Waals surface area (Å²) < 4.78 is 28.0. The highest BCUT2D eigenvalue weighted by Gasteiger charge is 2.26. The van der Waals surface area contributed by atoms with E-state index in [-0.39, 0.29) is 4.90 Å². The summed E-state index contributed by atoms with van der Waals surface area (Å²) in [5.41, 5.74) is 1.51. The van der Waals surface area contributed by atoms with Crippen molar-refractivity contribution in [2.45, 2.75) is 36.6 Å². The minimum absolute atomic E-state index is 0.130. The summed E-state index contributed by atoms with van der Waals surface area (Å²) in [5, 5.41) is 3.39. The lowest BCUT2D eigenvalue weighted by Gasteiger charge is -2.29. The Bertz CT molecular complexity index is 981. The van der Waals surface area contributed by atoms with Crippen molar-refractivity contribution in [1.82, 2.24) is 4.72 Å². The van der Waals surface area contributed by atoms with E-state index in [0.717, 1.165) is 31.6 Å². The van der Waals surface area contributed by atoms with Crippen LogP contribution >= 0.6 is 23.4 Å². The Morgan fingerprint density at radius 3 is 2.48 bits per heavy atom. The van der Waals surface area contributed by atoms with Crippen LogP contribution in [0, 0.1) is 0 Å². The first-order valence-electron chi connectivity index (χ1n) is 10.3. The van der Waals surface area contributed by atoms with E-state index < -0.39 is 22.0 Å². The number of piperidine rings is 1. The van der Waals surface area contributed by atoms with E-state index in [4.69, 9.17) is 11.6 Å². The molecule has 0 aliphatic carbocycles. The van der Waals surface area contributed by atoms with Gasteiger partial charge < -0.3 is 10.2 Å². The highest BCUT2D eigenvalue weighted by molar-refractivity contribution is 7.98. The second kappa shape index (κ2) is 11.2. The number of rotatable bonds is 9. The highest BCUT2D eigenvalue weighted by Crippen LogP contribution is 2.31. The van der Waals surface area contributed by atoms with Crippen LogP contribution in [0.4, 0.5) is 11.4 Å². The molecule has 3 rings (SSSR count). The summed E-state index contributed by atoms with van der Waals surface area (Å²) in [5.74, 6) is 0.236. The number of sulfonamides is 1. The van der Waals surface area contributed by atoms with Gasteiger partial charge in [-0.3, -0.25) is 4.79 Å². The number of benzene rings is 2. The van der Waals surface area contributed by atoms with Crippen molar-refractivity contribution in [2.24, 2.45) is 0 Å². The van der Waals surface area contributed by atoms with Gasteiger partial charge in [0.05, 0.1) is 15.6 Å². The van der Waals surface area contributed by atoms with Gasteiger partial charge in [0.1, 0.15) is 6.04 Å². The summed E-state index contributed by atoms with van der Waals surface area (Å²) in [6.07, 6.45) is 5.82. The molecule has 1 atom stereocenters. The van der Waals surface area contributed by atoms with Gasteiger partial charge in [0.2, 0.25) is 15.9 Å². The Balaban J connectivity index is 1.72. The number of anilines is 2. The van der Waals surface area contributed by atoms with Crippen molar-refractivity contribution in [3.63, 3.8) is 0 Å². The topological polar surface area (TPSA) is 78.5 Å². The number of nitrogens with one attached hydrogen (secondary N) is 2. The van der Waals surface area contributed by atoms with E-state index in [2.05, 4.69) is 14.9 Å². The first kappa shape index (κ1) is 23.9. The first-order valence-corrected chi connectivity index (χ1v) is 13.6. The van der Waals surface area contributed by atoms with Gasteiger partial charge in [0.15, 0.2) is 0 Å². The van der Waals surface area contributed by atoms with Crippen LogP contribution in [0.3, 0.4) is 0 Å².